The second-order valence-corrected chi connectivity index (χ2v) is 8.25. The van der Waals surface area contributed by atoms with Crippen LogP contribution in [0.1, 0.15) is 39.2 Å². The fourth-order valence-electron chi connectivity index (χ4n) is 4.58. The van der Waals surface area contributed by atoms with Crippen molar-refractivity contribution in [2.45, 2.75) is 52.2 Å². The predicted octanol–water partition coefficient (Wildman–Crippen LogP) is 2.65. The van der Waals surface area contributed by atoms with Crippen LogP contribution < -0.4 is 10.6 Å². The van der Waals surface area contributed by atoms with Crippen LogP contribution in [0.15, 0.2) is 30.3 Å². The van der Waals surface area contributed by atoms with E-state index >= 15 is 0 Å². The van der Waals surface area contributed by atoms with Crippen molar-refractivity contribution in [3.05, 3.63) is 35.9 Å². The maximum Gasteiger partial charge on any atom is 0.223 e. The Bertz CT molecular complexity index is 550. The summed E-state index contributed by atoms with van der Waals surface area (Å²) in [6.45, 7) is 10.8. The minimum absolute atomic E-state index is 0.179. The molecule has 138 valence electrons. The van der Waals surface area contributed by atoms with Gasteiger partial charge in [-0.15, -0.1) is 0 Å². The first-order chi connectivity index (χ1) is 12.0. The van der Waals surface area contributed by atoms with E-state index in [0.29, 0.717) is 23.9 Å². The van der Waals surface area contributed by atoms with Crippen molar-refractivity contribution < 1.29 is 4.79 Å². The maximum atomic E-state index is 12.7. The third-order valence-electron chi connectivity index (χ3n) is 5.87. The zero-order chi connectivity index (χ0) is 17.8. The summed E-state index contributed by atoms with van der Waals surface area (Å²) in [5.74, 6) is 1.41. The van der Waals surface area contributed by atoms with Crippen LogP contribution >= 0.6 is 0 Å². The molecule has 0 saturated carbocycles. The van der Waals surface area contributed by atoms with Crippen molar-refractivity contribution in [3.63, 3.8) is 0 Å². The van der Waals surface area contributed by atoms with Crippen molar-refractivity contribution in [2.24, 2.45) is 17.8 Å². The van der Waals surface area contributed by atoms with Crippen molar-refractivity contribution in [3.8, 4) is 0 Å². The molecule has 0 bridgehead atoms. The van der Waals surface area contributed by atoms with E-state index in [1.807, 2.05) is 0 Å². The molecule has 2 heterocycles. The highest BCUT2D eigenvalue weighted by Crippen LogP contribution is 2.25. The van der Waals surface area contributed by atoms with E-state index in [1.165, 1.54) is 5.56 Å². The first-order valence-electron chi connectivity index (χ1n) is 9.83. The highest BCUT2D eigenvalue weighted by Gasteiger charge is 2.35. The van der Waals surface area contributed by atoms with Crippen LogP contribution in [0.3, 0.4) is 0 Å². The van der Waals surface area contributed by atoms with Gasteiger partial charge in [-0.1, -0.05) is 44.2 Å². The Balaban J connectivity index is 1.54. The molecule has 2 N–H and O–H groups in total. The molecule has 4 heteroatoms. The number of nitrogens with one attached hydrogen (secondary N) is 2. The van der Waals surface area contributed by atoms with Gasteiger partial charge in [-0.2, -0.15) is 0 Å². The fourth-order valence-corrected chi connectivity index (χ4v) is 4.58. The summed E-state index contributed by atoms with van der Waals surface area (Å²) < 4.78 is 0. The third kappa shape index (κ3) is 4.83. The lowest BCUT2D eigenvalue weighted by Gasteiger charge is -2.42. The van der Waals surface area contributed by atoms with E-state index in [2.05, 4.69) is 66.6 Å². The molecule has 0 aliphatic carbocycles. The van der Waals surface area contributed by atoms with Crippen LogP contribution in [0.2, 0.25) is 0 Å². The van der Waals surface area contributed by atoms with E-state index < -0.39 is 0 Å². The molecule has 2 aliphatic rings. The fraction of sp³-hybridized carbons (Fsp3) is 0.667. The minimum Gasteiger partial charge on any atom is -0.352 e. The molecule has 2 aliphatic heterocycles. The highest BCUT2D eigenvalue weighted by molar-refractivity contribution is 5.79. The summed E-state index contributed by atoms with van der Waals surface area (Å²) in [5, 5.41) is 6.83. The number of hydrogen-bond acceptors (Lipinski definition) is 3. The van der Waals surface area contributed by atoms with Crippen LogP contribution in [0.5, 0.6) is 0 Å². The van der Waals surface area contributed by atoms with Crippen molar-refractivity contribution in [1.29, 1.82) is 0 Å². The van der Waals surface area contributed by atoms with Crippen molar-refractivity contribution in [1.82, 2.24) is 15.5 Å². The molecule has 0 spiro atoms. The van der Waals surface area contributed by atoms with Gasteiger partial charge in [0, 0.05) is 37.6 Å². The largest absolute Gasteiger partial charge is 0.352 e. The Kier molecular flexibility index (Phi) is 6.13. The molecule has 1 aromatic rings. The van der Waals surface area contributed by atoms with Gasteiger partial charge in [-0.25, -0.2) is 0 Å². The van der Waals surface area contributed by atoms with E-state index in [0.717, 1.165) is 39.0 Å². The lowest BCUT2D eigenvalue weighted by molar-refractivity contribution is -0.128. The number of nitrogens with zero attached hydrogens (tertiary/aromatic N) is 1. The molecule has 0 radical (unpaired) electrons. The van der Waals surface area contributed by atoms with Gasteiger partial charge in [0.25, 0.3) is 0 Å². The normalized spacial score (nSPS) is 33.8. The Morgan fingerprint density at radius 1 is 1.16 bits per heavy atom. The molecule has 3 rings (SSSR count). The van der Waals surface area contributed by atoms with E-state index in [-0.39, 0.29) is 11.8 Å². The molecule has 2 saturated heterocycles. The number of rotatable bonds is 4. The topological polar surface area (TPSA) is 44.4 Å². The molecule has 2 fully saturated rings. The predicted molar refractivity (Wildman–Crippen MR) is 102 cm³/mol. The SMILES string of the molecule is CC1CN(Cc2ccccc2)CC(C)C1NC(=O)[C@H]1CCN[C@@H](C)C1. The molecular formula is C21H33N3O. The number of carbonyl (C=O) groups is 1. The van der Waals surface area contributed by atoms with Gasteiger partial charge < -0.3 is 10.6 Å². The van der Waals surface area contributed by atoms with Gasteiger partial charge in [-0.3, -0.25) is 9.69 Å². The van der Waals surface area contributed by atoms with Gasteiger partial charge in [0.2, 0.25) is 5.91 Å². The standard InChI is InChI=1S/C21H33N3O/c1-15-12-24(14-18-7-5-4-6-8-18)13-16(2)20(15)23-21(25)19-9-10-22-17(3)11-19/h4-8,15-17,19-20,22H,9-14H2,1-3H3,(H,23,25)/t15?,16?,17-,19-,20?/m0/s1. The second-order valence-electron chi connectivity index (χ2n) is 8.25. The summed E-state index contributed by atoms with van der Waals surface area (Å²) >= 11 is 0. The van der Waals surface area contributed by atoms with Crippen molar-refractivity contribution in [2.75, 3.05) is 19.6 Å². The maximum absolute atomic E-state index is 12.7. The number of hydrogen-bond donors (Lipinski definition) is 2. The first-order valence-corrected chi connectivity index (χ1v) is 9.83. The molecule has 4 atom stereocenters. The van der Waals surface area contributed by atoms with Gasteiger partial charge >= 0.3 is 0 Å². The molecule has 0 aromatic heterocycles. The summed E-state index contributed by atoms with van der Waals surface area (Å²) in [7, 11) is 0. The molecule has 1 aromatic carbocycles. The number of amides is 1. The van der Waals surface area contributed by atoms with Crippen LogP contribution in [0, 0.1) is 17.8 Å². The van der Waals surface area contributed by atoms with Crippen LogP contribution in [-0.4, -0.2) is 42.5 Å². The highest BCUT2D eigenvalue weighted by atomic mass is 16.2. The zero-order valence-corrected chi connectivity index (χ0v) is 15.9. The van der Waals surface area contributed by atoms with Crippen molar-refractivity contribution >= 4 is 5.91 Å². The minimum atomic E-state index is 0.179. The summed E-state index contributed by atoms with van der Waals surface area (Å²) in [6, 6.07) is 11.4. The summed E-state index contributed by atoms with van der Waals surface area (Å²) in [4.78, 5) is 15.3. The summed E-state index contributed by atoms with van der Waals surface area (Å²) in [6.07, 6.45) is 1.92. The van der Waals surface area contributed by atoms with Gasteiger partial charge in [0.05, 0.1) is 0 Å². The molecular weight excluding hydrogens is 310 g/mol. The van der Waals surface area contributed by atoms with Crippen LogP contribution in [0.4, 0.5) is 0 Å². The van der Waals surface area contributed by atoms with E-state index in [4.69, 9.17) is 0 Å². The molecule has 2 unspecified atom stereocenters. The lowest BCUT2D eigenvalue weighted by Crippen LogP contribution is -2.56. The number of piperidine rings is 2. The Morgan fingerprint density at radius 2 is 1.84 bits per heavy atom. The van der Waals surface area contributed by atoms with E-state index in [1.54, 1.807) is 0 Å². The molecule has 1 amide bonds. The Labute approximate surface area is 152 Å². The second kappa shape index (κ2) is 8.33. The Hall–Kier alpha value is -1.39. The zero-order valence-electron chi connectivity index (χ0n) is 15.9. The third-order valence-corrected chi connectivity index (χ3v) is 5.87. The average molecular weight is 344 g/mol. The molecule has 25 heavy (non-hydrogen) atoms. The van der Waals surface area contributed by atoms with Crippen LogP contribution in [-0.2, 0) is 11.3 Å². The molecule has 4 nitrogen and oxygen atoms in total. The monoisotopic (exact) mass is 343 g/mol. The number of carbonyl (C=O) groups excluding carboxylic acids is 1. The van der Waals surface area contributed by atoms with Gasteiger partial charge in [-0.05, 0) is 43.7 Å². The first kappa shape index (κ1) is 18.4. The Morgan fingerprint density at radius 3 is 2.48 bits per heavy atom. The number of benzene rings is 1. The quantitative estimate of drug-likeness (QED) is 0.883. The van der Waals surface area contributed by atoms with E-state index in [9.17, 15) is 4.79 Å². The average Bonchev–Trinajstić information content (AvgIpc) is 2.59. The van der Waals surface area contributed by atoms with Crippen LogP contribution in [0.25, 0.3) is 0 Å². The smallest absolute Gasteiger partial charge is 0.223 e. The lowest BCUT2D eigenvalue weighted by atomic mass is 9.84. The van der Waals surface area contributed by atoms with Gasteiger partial charge in [0.15, 0.2) is 0 Å². The number of likely N-dealkylation sites (tertiary alicyclic amines) is 1. The van der Waals surface area contributed by atoms with Gasteiger partial charge in [0.1, 0.15) is 0 Å². The summed E-state index contributed by atoms with van der Waals surface area (Å²) in [5.41, 5.74) is 1.37.